The number of aromatic nitrogens is 2. The van der Waals surface area contributed by atoms with Crippen molar-refractivity contribution in [2.75, 3.05) is 19.4 Å². The van der Waals surface area contributed by atoms with Crippen LogP contribution in [0.4, 0.5) is 5.95 Å². The van der Waals surface area contributed by atoms with Gasteiger partial charge in [-0.3, -0.25) is 4.79 Å². The number of ether oxygens (including phenoxy) is 1. The predicted octanol–water partition coefficient (Wildman–Crippen LogP) is 0.763. The van der Waals surface area contributed by atoms with Crippen LogP contribution in [0.15, 0.2) is 18.2 Å². The third-order valence-electron chi connectivity index (χ3n) is 2.65. The molecule has 1 amide bonds. The molecule has 2 aromatic rings. The van der Waals surface area contributed by atoms with Gasteiger partial charge < -0.3 is 20.4 Å². The van der Waals surface area contributed by atoms with Crippen LogP contribution >= 0.6 is 0 Å². The largest absolute Gasteiger partial charge is 0.492 e. The molecule has 1 aromatic carbocycles. The molecule has 0 aliphatic heterocycles. The first-order chi connectivity index (χ1) is 8.67. The van der Waals surface area contributed by atoms with Crippen LogP contribution in [0.25, 0.3) is 11.0 Å². The summed E-state index contributed by atoms with van der Waals surface area (Å²) in [5.74, 6) is 0.862. The maximum atomic E-state index is 11.4. The summed E-state index contributed by atoms with van der Waals surface area (Å²) >= 11 is 0. The molecule has 0 aliphatic carbocycles. The number of carbonyl (C=O) groups is 1. The number of likely N-dealkylation sites (N-methyl/N-ethyl adjacent to an activating group) is 1. The fourth-order valence-electron chi connectivity index (χ4n) is 1.80. The normalized spacial score (nSPS) is 10.6. The quantitative estimate of drug-likeness (QED) is 0.837. The second kappa shape index (κ2) is 4.95. The zero-order valence-corrected chi connectivity index (χ0v) is 10.4. The Morgan fingerprint density at radius 1 is 1.56 bits per heavy atom. The van der Waals surface area contributed by atoms with Crippen molar-refractivity contribution < 1.29 is 9.53 Å². The van der Waals surface area contributed by atoms with Crippen molar-refractivity contribution in [3.05, 3.63) is 18.2 Å². The van der Waals surface area contributed by atoms with Gasteiger partial charge in [-0.05, 0) is 19.1 Å². The Bertz CT molecular complexity index is 577. The minimum absolute atomic E-state index is 0.122. The molecule has 18 heavy (non-hydrogen) atoms. The van der Waals surface area contributed by atoms with Crippen LogP contribution < -0.4 is 15.8 Å². The van der Waals surface area contributed by atoms with Crippen LogP contribution in [-0.4, -0.2) is 29.1 Å². The van der Waals surface area contributed by atoms with E-state index >= 15 is 0 Å². The van der Waals surface area contributed by atoms with Crippen LogP contribution in [-0.2, 0) is 11.3 Å². The van der Waals surface area contributed by atoms with Crippen LogP contribution in [0.1, 0.15) is 6.92 Å². The summed E-state index contributed by atoms with van der Waals surface area (Å²) in [5.41, 5.74) is 7.31. The predicted molar refractivity (Wildman–Crippen MR) is 69.4 cm³/mol. The molecule has 0 saturated carbocycles. The summed E-state index contributed by atoms with van der Waals surface area (Å²) < 4.78 is 7.15. The van der Waals surface area contributed by atoms with Gasteiger partial charge in [-0.2, -0.15) is 0 Å². The highest BCUT2D eigenvalue weighted by Gasteiger charge is 2.13. The van der Waals surface area contributed by atoms with Crippen molar-refractivity contribution in [2.24, 2.45) is 0 Å². The lowest BCUT2D eigenvalue weighted by Gasteiger charge is -2.06. The van der Waals surface area contributed by atoms with E-state index in [9.17, 15) is 4.79 Å². The van der Waals surface area contributed by atoms with Crippen LogP contribution in [0.2, 0.25) is 0 Å². The summed E-state index contributed by atoms with van der Waals surface area (Å²) in [7, 11) is 1.59. The summed E-state index contributed by atoms with van der Waals surface area (Å²) in [5, 5.41) is 2.56. The summed E-state index contributed by atoms with van der Waals surface area (Å²) in [6, 6.07) is 5.56. The van der Waals surface area contributed by atoms with Crippen LogP contribution in [0.5, 0.6) is 5.75 Å². The lowest BCUT2D eigenvalue weighted by atomic mass is 10.3. The minimum Gasteiger partial charge on any atom is -0.492 e. The van der Waals surface area contributed by atoms with Crippen LogP contribution in [0.3, 0.4) is 0 Å². The number of imidazole rings is 1. The molecule has 0 unspecified atom stereocenters. The second-order valence-electron chi connectivity index (χ2n) is 3.79. The lowest BCUT2D eigenvalue weighted by molar-refractivity contribution is -0.121. The van der Waals surface area contributed by atoms with Gasteiger partial charge in [0.05, 0.1) is 12.1 Å². The monoisotopic (exact) mass is 248 g/mol. The van der Waals surface area contributed by atoms with Crippen molar-refractivity contribution in [2.45, 2.75) is 13.5 Å². The summed E-state index contributed by atoms with van der Waals surface area (Å²) in [6.07, 6.45) is 0. The Labute approximate surface area is 105 Å². The smallest absolute Gasteiger partial charge is 0.239 e. The molecule has 0 radical (unpaired) electrons. The van der Waals surface area contributed by atoms with Gasteiger partial charge in [0, 0.05) is 7.05 Å². The number of rotatable bonds is 4. The number of nitrogens with zero attached hydrogens (tertiary/aromatic N) is 2. The van der Waals surface area contributed by atoms with Crippen molar-refractivity contribution in [1.82, 2.24) is 14.9 Å². The van der Waals surface area contributed by atoms with Crippen molar-refractivity contribution >= 4 is 22.9 Å². The Hall–Kier alpha value is -2.24. The number of anilines is 1. The summed E-state index contributed by atoms with van der Waals surface area (Å²) in [4.78, 5) is 15.7. The molecule has 0 bridgehead atoms. The maximum Gasteiger partial charge on any atom is 0.239 e. The number of fused-ring (bicyclic) bond motifs is 1. The van der Waals surface area contributed by atoms with E-state index in [4.69, 9.17) is 10.5 Å². The number of nitrogens with one attached hydrogen (secondary N) is 1. The molecule has 0 saturated heterocycles. The average molecular weight is 248 g/mol. The third kappa shape index (κ3) is 2.09. The molecule has 0 spiro atoms. The number of hydrogen-bond donors (Lipinski definition) is 2. The highest BCUT2D eigenvalue weighted by Crippen LogP contribution is 2.26. The van der Waals surface area contributed by atoms with E-state index in [1.54, 1.807) is 11.6 Å². The first-order valence-corrected chi connectivity index (χ1v) is 5.75. The lowest BCUT2D eigenvalue weighted by Crippen LogP contribution is -2.24. The highest BCUT2D eigenvalue weighted by atomic mass is 16.5. The standard InChI is InChI=1S/C12H16N4O2/c1-3-18-9-6-4-5-8-11(9)15-12(13)16(8)7-10(17)14-2/h4-6H,3,7H2,1-2H3,(H2,13,15)(H,14,17). The molecule has 0 atom stereocenters. The first-order valence-electron chi connectivity index (χ1n) is 5.75. The van der Waals surface area contributed by atoms with Crippen molar-refractivity contribution in [3.8, 4) is 5.75 Å². The Morgan fingerprint density at radius 3 is 3.00 bits per heavy atom. The number of hydrogen-bond acceptors (Lipinski definition) is 4. The number of nitrogens with two attached hydrogens (primary N) is 1. The number of benzene rings is 1. The number of carbonyl (C=O) groups excluding carboxylic acids is 1. The molecule has 1 heterocycles. The Morgan fingerprint density at radius 2 is 2.33 bits per heavy atom. The first kappa shape index (κ1) is 12.2. The molecule has 0 fully saturated rings. The van der Waals surface area contributed by atoms with E-state index < -0.39 is 0 Å². The molecule has 1 aromatic heterocycles. The highest BCUT2D eigenvalue weighted by molar-refractivity contribution is 5.86. The van der Waals surface area contributed by atoms with E-state index in [1.165, 1.54) is 0 Å². The molecule has 6 nitrogen and oxygen atoms in total. The zero-order valence-electron chi connectivity index (χ0n) is 10.4. The number of para-hydroxylation sites is 1. The molecule has 0 aliphatic rings. The topological polar surface area (TPSA) is 82.2 Å². The van der Waals surface area contributed by atoms with Gasteiger partial charge in [-0.1, -0.05) is 6.07 Å². The van der Waals surface area contributed by atoms with E-state index in [-0.39, 0.29) is 12.5 Å². The third-order valence-corrected chi connectivity index (χ3v) is 2.65. The zero-order chi connectivity index (χ0) is 13.1. The van der Waals surface area contributed by atoms with Gasteiger partial charge in [0.15, 0.2) is 0 Å². The average Bonchev–Trinajstić information content (AvgIpc) is 2.68. The van der Waals surface area contributed by atoms with Gasteiger partial charge >= 0.3 is 0 Å². The molecular formula is C12H16N4O2. The molecule has 96 valence electrons. The molecule has 2 rings (SSSR count). The molecule has 3 N–H and O–H groups in total. The fraction of sp³-hybridized carbons (Fsp3) is 0.333. The number of nitrogen functional groups attached to an aromatic ring is 1. The van der Waals surface area contributed by atoms with E-state index in [1.807, 2.05) is 25.1 Å². The summed E-state index contributed by atoms with van der Waals surface area (Å²) in [6.45, 7) is 2.61. The van der Waals surface area contributed by atoms with Gasteiger partial charge in [-0.25, -0.2) is 4.98 Å². The van der Waals surface area contributed by atoms with Crippen molar-refractivity contribution in [3.63, 3.8) is 0 Å². The minimum atomic E-state index is -0.122. The fourth-order valence-corrected chi connectivity index (χ4v) is 1.80. The van der Waals surface area contributed by atoms with E-state index in [0.717, 1.165) is 5.52 Å². The van der Waals surface area contributed by atoms with Crippen molar-refractivity contribution in [1.29, 1.82) is 0 Å². The van der Waals surface area contributed by atoms with E-state index in [0.29, 0.717) is 23.8 Å². The van der Waals surface area contributed by atoms with E-state index in [2.05, 4.69) is 10.3 Å². The Kier molecular flexibility index (Phi) is 3.36. The van der Waals surface area contributed by atoms with Gasteiger partial charge in [0.25, 0.3) is 0 Å². The van der Waals surface area contributed by atoms with Gasteiger partial charge in [0.2, 0.25) is 11.9 Å². The maximum absolute atomic E-state index is 11.4. The SMILES string of the molecule is CCOc1cccc2c1nc(N)n2CC(=O)NC. The molecular weight excluding hydrogens is 232 g/mol. The number of amides is 1. The van der Waals surface area contributed by atoms with Gasteiger partial charge in [-0.15, -0.1) is 0 Å². The Balaban J connectivity index is 2.51. The van der Waals surface area contributed by atoms with Crippen LogP contribution in [0, 0.1) is 0 Å². The van der Waals surface area contributed by atoms with Gasteiger partial charge in [0.1, 0.15) is 17.8 Å². The second-order valence-corrected chi connectivity index (χ2v) is 3.79. The molecule has 6 heteroatoms.